The highest BCUT2D eigenvalue weighted by Gasteiger charge is 2.50. The highest BCUT2D eigenvalue weighted by atomic mass is 16.3. The molecule has 0 bridgehead atoms. The molecule has 0 unspecified atom stereocenters. The van der Waals surface area contributed by atoms with E-state index in [1.54, 1.807) is 0 Å². The Hall–Kier alpha value is -7.68. The van der Waals surface area contributed by atoms with Crippen LogP contribution >= 0.6 is 0 Å². The molecule has 4 aliphatic rings. The van der Waals surface area contributed by atoms with Crippen LogP contribution in [-0.4, -0.2) is 0 Å². The normalized spacial score (nSPS) is 15.7. The number of nitrogens with zero attached hydrogens (tertiary/aromatic N) is 1. The molecule has 350 valence electrons. The Morgan fingerprint density at radius 3 is 1.69 bits per heavy atom. The topological polar surface area (TPSA) is 16.4 Å². The highest BCUT2D eigenvalue weighted by molar-refractivity contribution is 6.19. The SMILES string of the molecule is C=C1c2ccccc2-c2c1c1c(c3c2-c2ccc(N(c4cccc(C)c4)c4ccc5c(c4)C(C)(C)c4cc(-c6ccccc6C(C)(C)C)c6oc7ccccc7c6c4-5)cc2C3(C)C)C(C)(C)c2ccccc2-1. The molecular formula is C70H59NO. The number of anilines is 3. The van der Waals surface area contributed by atoms with Gasteiger partial charge in [0.25, 0.3) is 0 Å². The summed E-state index contributed by atoms with van der Waals surface area (Å²) < 4.78 is 6.97. The number of para-hydroxylation sites is 1. The molecule has 0 atom stereocenters. The van der Waals surface area contributed by atoms with E-state index in [0.29, 0.717) is 0 Å². The fourth-order valence-corrected chi connectivity index (χ4v) is 14.1. The summed E-state index contributed by atoms with van der Waals surface area (Å²) >= 11 is 0. The lowest BCUT2D eigenvalue weighted by Gasteiger charge is -2.32. The second-order valence-electron chi connectivity index (χ2n) is 23.8. The minimum Gasteiger partial charge on any atom is -0.455 e. The molecule has 1 aromatic heterocycles. The Kier molecular flexibility index (Phi) is 8.54. The molecule has 14 rings (SSSR count). The van der Waals surface area contributed by atoms with E-state index in [0.717, 1.165) is 44.8 Å². The van der Waals surface area contributed by atoms with E-state index in [2.05, 4.69) is 238 Å². The third-order valence-corrected chi connectivity index (χ3v) is 17.5. The van der Waals surface area contributed by atoms with Gasteiger partial charge in [0.2, 0.25) is 0 Å². The van der Waals surface area contributed by atoms with Crippen LogP contribution in [0, 0.1) is 6.92 Å². The molecule has 0 N–H and O–H groups in total. The molecule has 2 heteroatoms. The van der Waals surface area contributed by atoms with E-state index >= 15 is 0 Å². The fourth-order valence-electron chi connectivity index (χ4n) is 14.1. The fraction of sp³-hybridized carbons (Fsp3) is 0.200. The average Bonchev–Trinajstić information content (AvgIpc) is 4.09. The van der Waals surface area contributed by atoms with Crippen LogP contribution < -0.4 is 4.90 Å². The summed E-state index contributed by atoms with van der Waals surface area (Å²) in [5.41, 5.74) is 32.0. The molecule has 0 spiro atoms. The van der Waals surface area contributed by atoms with Gasteiger partial charge in [-0.05, 0) is 172 Å². The monoisotopic (exact) mass is 929 g/mol. The zero-order valence-corrected chi connectivity index (χ0v) is 43.2. The lowest BCUT2D eigenvalue weighted by Crippen LogP contribution is -2.24. The van der Waals surface area contributed by atoms with Gasteiger partial charge in [0.15, 0.2) is 0 Å². The maximum Gasteiger partial charge on any atom is 0.143 e. The van der Waals surface area contributed by atoms with Crippen molar-refractivity contribution >= 4 is 44.6 Å². The lowest BCUT2D eigenvalue weighted by molar-refractivity contribution is 0.591. The molecule has 0 saturated carbocycles. The van der Waals surface area contributed by atoms with Gasteiger partial charge in [0, 0.05) is 49.6 Å². The van der Waals surface area contributed by atoms with Gasteiger partial charge in [-0.15, -0.1) is 0 Å². The molecule has 10 aromatic rings. The van der Waals surface area contributed by atoms with Crippen LogP contribution in [0.5, 0.6) is 0 Å². The number of hydrogen-bond donors (Lipinski definition) is 0. The molecular weight excluding hydrogens is 871 g/mol. The van der Waals surface area contributed by atoms with Gasteiger partial charge in [-0.2, -0.15) is 0 Å². The maximum absolute atomic E-state index is 6.97. The first kappa shape index (κ1) is 43.1. The summed E-state index contributed by atoms with van der Waals surface area (Å²) in [6, 6.07) is 61.7. The summed E-state index contributed by atoms with van der Waals surface area (Å²) in [6.45, 7) is 28.7. The molecule has 72 heavy (non-hydrogen) atoms. The van der Waals surface area contributed by atoms with E-state index < -0.39 is 0 Å². The van der Waals surface area contributed by atoms with E-state index in [9.17, 15) is 0 Å². The van der Waals surface area contributed by atoms with Crippen LogP contribution in [0.3, 0.4) is 0 Å². The van der Waals surface area contributed by atoms with Gasteiger partial charge in [-0.3, -0.25) is 0 Å². The van der Waals surface area contributed by atoms with Gasteiger partial charge in [0.1, 0.15) is 11.2 Å². The van der Waals surface area contributed by atoms with Crippen LogP contribution in [-0.2, 0) is 21.7 Å². The molecule has 9 aromatic carbocycles. The molecule has 2 nitrogen and oxygen atoms in total. The maximum atomic E-state index is 6.97. The summed E-state index contributed by atoms with van der Waals surface area (Å²) in [5.74, 6) is 0. The Morgan fingerprint density at radius 1 is 0.431 bits per heavy atom. The van der Waals surface area contributed by atoms with Crippen molar-refractivity contribution in [3.63, 3.8) is 0 Å². The Bertz CT molecular complexity index is 4080. The van der Waals surface area contributed by atoms with Crippen molar-refractivity contribution in [1.29, 1.82) is 0 Å². The van der Waals surface area contributed by atoms with Gasteiger partial charge in [-0.1, -0.05) is 184 Å². The molecule has 0 amide bonds. The third kappa shape index (κ3) is 5.50. The third-order valence-electron chi connectivity index (χ3n) is 17.5. The first-order valence-corrected chi connectivity index (χ1v) is 25.9. The zero-order valence-electron chi connectivity index (χ0n) is 43.2. The van der Waals surface area contributed by atoms with Crippen LogP contribution in [0.4, 0.5) is 17.1 Å². The molecule has 0 radical (unpaired) electrons. The second-order valence-corrected chi connectivity index (χ2v) is 23.8. The van der Waals surface area contributed by atoms with E-state index in [4.69, 9.17) is 11.0 Å². The van der Waals surface area contributed by atoms with Crippen LogP contribution in [0.1, 0.15) is 118 Å². The van der Waals surface area contributed by atoms with Crippen molar-refractivity contribution in [2.45, 2.75) is 90.9 Å². The first-order valence-electron chi connectivity index (χ1n) is 25.9. The standard InChI is InChI=1S/C70H59NO/c1-39-21-20-22-41(35-39)71(42-31-33-48-54(36-42)68(6,7)56-38-51(45-24-14-17-28-52(45)67(3,4)5)66-63(59(48)56)50-27-16-19-30-57(50)72-66)43-32-34-49-55(37-43)70(10,11)65-62(49)60-46-25-13-12-23-44(46)40(2)58(60)61-47-26-15-18-29-53(47)69(8,9)64(61)65/h12-38H,2H2,1,3-11H3. The van der Waals surface area contributed by atoms with Crippen LogP contribution in [0.2, 0.25) is 0 Å². The zero-order chi connectivity index (χ0) is 49.5. The van der Waals surface area contributed by atoms with Gasteiger partial charge in [0.05, 0.1) is 0 Å². The Labute approximate surface area is 424 Å². The van der Waals surface area contributed by atoms with Crippen molar-refractivity contribution < 1.29 is 4.42 Å². The van der Waals surface area contributed by atoms with Crippen molar-refractivity contribution in [2.75, 3.05) is 4.90 Å². The molecule has 0 fully saturated rings. The minimum absolute atomic E-state index is 0.0564. The van der Waals surface area contributed by atoms with Crippen molar-refractivity contribution in [3.8, 4) is 55.6 Å². The quantitative estimate of drug-likeness (QED) is 0.175. The number of fused-ring (bicyclic) bond motifs is 19. The number of rotatable bonds is 4. The van der Waals surface area contributed by atoms with Crippen molar-refractivity contribution in [1.82, 2.24) is 0 Å². The summed E-state index contributed by atoms with van der Waals surface area (Å²) in [7, 11) is 0. The smallest absolute Gasteiger partial charge is 0.143 e. The molecule has 0 saturated heterocycles. The number of hydrogen-bond acceptors (Lipinski definition) is 2. The van der Waals surface area contributed by atoms with Gasteiger partial charge >= 0.3 is 0 Å². The first-order chi connectivity index (χ1) is 34.5. The number of furan rings is 1. The Balaban J connectivity index is 0.982. The second kappa shape index (κ2) is 14.3. The number of benzene rings is 9. The van der Waals surface area contributed by atoms with Crippen molar-refractivity contribution in [2.24, 2.45) is 0 Å². The summed E-state index contributed by atoms with van der Waals surface area (Å²) in [6.07, 6.45) is 0. The van der Waals surface area contributed by atoms with Gasteiger partial charge in [-0.25, -0.2) is 0 Å². The average molecular weight is 930 g/mol. The predicted molar refractivity (Wildman–Crippen MR) is 304 cm³/mol. The van der Waals surface area contributed by atoms with E-state index in [1.165, 1.54) is 111 Å². The molecule has 1 heterocycles. The summed E-state index contributed by atoms with van der Waals surface area (Å²) in [5, 5.41) is 2.36. The minimum atomic E-state index is -0.316. The lowest BCUT2D eigenvalue weighted by atomic mass is 9.71. The highest BCUT2D eigenvalue weighted by Crippen LogP contribution is 2.67. The van der Waals surface area contributed by atoms with Gasteiger partial charge < -0.3 is 9.32 Å². The Morgan fingerprint density at radius 2 is 0.986 bits per heavy atom. The van der Waals surface area contributed by atoms with Crippen LogP contribution in [0.25, 0.3) is 83.1 Å². The van der Waals surface area contributed by atoms with E-state index in [1.807, 2.05) is 0 Å². The summed E-state index contributed by atoms with van der Waals surface area (Å²) in [4.78, 5) is 2.51. The van der Waals surface area contributed by atoms with Crippen LogP contribution in [0.15, 0.2) is 175 Å². The van der Waals surface area contributed by atoms with Crippen molar-refractivity contribution in [3.05, 3.63) is 226 Å². The number of aryl methyl sites for hydroxylation is 1. The van der Waals surface area contributed by atoms with E-state index in [-0.39, 0.29) is 21.7 Å². The molecule has 4 aliphatic carbocycles. The largest absolute Gasteiger partial charge is 0.455 e. The molecule has 0 aliphatic heterocycles. The predicted octanol–water partition coefficient (Wildman–Crippen LogP) is 19.3.